The molecule has 4 nitrogen and oxygen atoms in total. The number of halogens is 2. The first-order valence-corrected chi connectivity index (χ1v) is 5.53. The number of aromatic nitrogens is 2. The zero-order valence-corrected chi connectivity index (χ0v) is 9.50. The quantitative estimate of drug-likeness (QED) is 0.869. The second-order valence-corrected chi connectivity index (χ2v) is 4.32. The molecule has 1 aromatic rings. The molecule has 15 heavy (non-hydrogen) atoms. The summed E-state index contributed by atoms with van der Waals surface area (Å²) >= 11 is 11.5. The van der Waals surface area contributed by atoms with Gasteiger partial charge in [-0.1, -0.05) is 23.2 Å². The first kappa shape index (κ1) is 10.9. The highest BCUT2D eigenvalue weighted by Gasteiger charge is 2.26. The number of hydrogen-bond donors (Lipinski definition) is 1. The van der Waals surface area contributed by atoms with Gasteiger partial charge in [-0.15, -0.1) is 10.2 Å². The van der Waals surface area contributed by atoms with Crippen LogP contribution in [0.1, 0.15) is 19.3 Å². The number of nitrogens with two attached hydrogens (primary N) is 1. The van der Waals surface area contributed by atoms with Gasteiger partial charge in [0.15, 0.2) is 16.1 Å². The molecule has 0 amide bonds. The van der Waals surface area contributed by atoms with E-state index in [0.717, 1.165) is 19.3 Å². The van der Waals surface area contributed by atoms with Gasteiger partial charge in [-0.3, -0.25) is 0 Å². The maximum absolute atomic E-state index is 5.88. The Morgan fingerprint density at radius 2 is 2.13 bits per heavy atom. The fraction of sp³-hybridized carbons (Fsp3) is 0.556. The van der Waals surface area contributed by atoms with Crippen LogP contribution in [0.25, 0.3) is 0 Å². The maximum atomic E-state index is 5.88. The van der Waals surface area contributed by atoms with Crippen molar-refractivity contribution < 1.29 is 4.74 Å². The second kappa shape index (κ2) is 4.51. The van der Waals surface area contributed by atoms with E-state index in [1.165, 1.54) is 0 Å². The molecule has 1 aromatic heterocycles. The third-order valence-corrected chi connectivity index (χ3v) is 2.92. The summed E-state index contributed by atoms with van der Waals surface area (Å²) in [5, 5.41) is 7.75. The van der Waals surface area contributed by atoms with Crippen LogP contribution >= 0.6 is 23.2 Å². The third kappa shape index (κ3) is 2.51. The topological polar surface area (TPSA) is 61.0 Å². The van der Waals surface area contributed by atoms with Crippen molar-refractivity contribution in [3.8, 4) is 5.75 Å². The Morgan fingerprint density at radius 3 is 2.80 bits per heavy atom. The predicted octanol–water partition coefficient (Wildman–Crippen LogP) is 2.04. The van der Waals surface area contributed by atoms with E-state index in [1.807, 2.05) is 0 Å². The number of nitrogens with zero attached hydrogens (tertiary/aromatic N) is 2. The van der Waals surface area contributed by atoms with E-state index in [1.54, 1.807) is 6.07 Å². The van der Waals surface area contributed by atoms with Crippen LogP contribution in [0.3, 0.4) is 0 Å². The van der Waals surface area contributed by atoms with Crippen molar-refractivity contribution in [3.05, 3.63) is 16.4 Å². The van der Waals surface area contributed by atoms with Gasteiger partial charge in [-0.25, -0.2) is 0 Å². The van der Waals surface area contributed by atoms with Gasteiger partial charge in [0.2, 0.25) is 0 Å². The smallest absolute Gasteiger partial charge is 0.193 e. The molecule has 0 saturated heterocycles. The Morgan fingerprint density at radius 1 is 1.33 bits per heavy atom. The monoisotopic (exact) mass is 247 g/mol. The van der Waals surface area contributed by atoms with E-state index < -0.39 is 0 Å². The minimum atomic E-state index is 0.00256. The summed E-state index contributed by atoms with van der Waals surface area (Å²) in [7, 11) is 0. The molecule has 1 heterocycles. The fourth-order valence-electron chi connectivity index (χ4n) is 1.68. The van der Waals surface area contributed by atoms with Crippen molar-refractivity contribution in [2.24, 2.45) is 5.73 Å². The molecule has 2 unspecified atom stereocenters. The maximum Gasteiger partial charge on any atom is 0.193 e. The summed E-state index contributed by atoms with van der Waals surface area (Å²) in [6.45, 7) is 0. The Hall–Kier alpha value is -0.580. The van der Waals surface area contributed by atoms with Crippen LogP contribution in [0.5, 0.6) is 5.75 Å². The predicted molar refractivity (Wildman–Crippen MR) is 58.3 cm³/mol. The van der Waals surface area contributed by atoms with Gasteiger partial charge in [0.25, 0.3) is 0 Å². The SMILES string of the molecule is NC1CCCC1Oc1cc(Cl)nnc1Cl. The zero-order chi connectivity index (χ0) is 10.8. The Labute approximate surface area is 97.7 Å². The second-order valence-electron chi connectivity index (χ2n) is 3.57. The van der Waals surface area contributed by atoms with Gasteiger partial charge in [-0.2, -0.15) is 0 Å². The standard InChI is InChI=1S/C9H11Cl2N3O/c10-8-4-7(9(11)14-13-8)15-6-3-1-2-5(6)12/h4-6H,1-3,12H2. The van der Waals surface area contributed by atoms with Gasteiger partial charge in [0.1, 0.15) is 6.10 Å². The molecule has 1 aliphatic rings. The Balaban J connectivity index is 2.12. The summed E-state index contributed by atoms with van der Waals surface area (Å²) in [6, 6.07) is 1.62. The highest BCUT2D eigenvalue weighted by atomic mass is 35.5. The number of rotatable bonds is 2. The summed E-state index contributed by atoms with van der Waals surface area (Å²) in [4.78, 5) is 0. The molecule has 0 aromatic carbocycles. The number of ether oxygens (including phenoxy) is 1. The van der Waals surface area contributed by atoms with Crippen molar-refractivity contribution >= 4 is 23.2 Å². The molecular formula is C9H11Cl2N3O. The van der Waals surface area contributed by atoms with Crippen LogP contribution in [0.2, 0.25) is 10.3 Å². The lowest BCUT2D eigenvalue weighted by atomic mass is 10.2. The summed E-state index contributed by atoms with van der Waals surface area (Å²) < 4.78 is 5.66. The highest BCUT2D eigenvalue weighted by Crippen LogP contribution is 2.28. The normalized spacial score (nSPS) is 25.5. The van der Waals surface area contributed by atoms with Crippen LogP contribution in [0, 0.1) is 0 Å². The summed E-state index contributed by atoms with van der Waals surface area (Å²) in [5.74, 6) is 0.457. The van der Waals surface area contributed by atoms with Crippen molar-refractivity contribution in [2.45, 2.75) is 31.4 Å². The van der Waals surface area contributed by atoms with Crippen LogP contribution < -0.4 is 10.5 Å². The largest absolute Gasteiger partial charge is 0.485 e. The molecule has 0 radical (unpaired) electrons. The van der Waals surface area contributed by atoms with E-state index in [0.29, 0.717) is 5.75 Å². The molecule has 2 rings (SSSR count). The molecule has 82 valence electrons. The molecule has 6 heteroatoms. The van der Waals surface area contributed by atoms with E-state index >= 15 is 0 Å². The minimum absolute atomic E-state index is 0.00256. The van der Waals surface area contributed by atoms with Crippen LogP contribution in [0.15, 0.2) is 6.07 Å². The fourth-order valence-corrected chi connectivity index (χ4v) is 1.96. The summed E-state index contributed by atoms with van der Waals surface area (Å²) in [6.07, 6.45) is 3.00. The molecule has 0 bridgehead atoms. The zero-order valence-electron chi connectivity index (χ0n) is 7.99. The van der Waals surface area contributed by atoms with Gasteiger partial charge in [0.05, 0.1) is 0 Å². The molecule has 1 fully saturated rings. The van der Waals surface area contributed by atoms with Crippen molar-refractivity contribution in [1.29, 1.82) is 0 Å². The highest BCUT2D eigenvalue weighted by molar-refractivity contribution is 6.32. The Bertz CT molecular complexity index is 361. The summed E-state index contributed by atoms with van der Waals surface area (Å²) in [5.41, 5.74) is 5.88. The lowest BCUT2D eigenvalue weighted by Gasteiger charge is -2.17. The van der Waals surface area contributed by atoms with Gasteiger partial charge in [0, 0.05) is 12.1 Å². The molecule has 0 aliphatic heterocycles. The molecular weight excluding hydrogens is 237 g/mol. The van der Waals surface area contributed by atoms with E-state index in [9.17, 15) is 0 Å². The lowest BCUT2D eigenvalue weighted by Crippen LogP contribution is -2.33. The molecule has 2 atom stereocenters. The van der Waals surface area contributed by atoms with Gasteiger partial charge in [-0.05, 0) is 19.3 Å². The van der Waals surface area contributed by atoms with Crippen LogP contribution in [-0.2, 0) is 0 Å². The first-order valence-electron chi connectivity index (χ1n) is 4.78. The molecule has 1 aliphatic carbocycles. The average molecular weight is 248 g/mol. The van der Waals surface area contributed by atoms with Gasteiger partial charge < -0.3 is 10.5 Å². The first-order chi connectivity index (χ1) is 7.16. The van der Waals surface area contributed by atoms with Crippen LogP contribution in [-0.4, -0.2) is 22.3 Å². The third-order valence-electron chi connectivity index (χ3n) is 2.47. The van der Waals surface area contributed by atoms with Crippen molar-refractivity contribution in [1.82, 2.24) is 10.2 Å². The molecule has 0 spiro atoms. The van der Waals surface area contributed by atoms with Gasteiger partial charge >= 0.3 is 0 Å². The van der Waals surface area contributed by atoms with Crippen molar-refractivity contribution in [2.75, 3.05) is 0 Å². The van der Waals surface area contributed by atoms with E-state index in [4.69, 9.17) is 33.7 Å². The average Bonchev–Trinajstić information content (AvgIpc) is 2.58. The van der Waals surface area contributed by atoms with E-state index in [-0.39, 0.29) is 22.5 Å². The Kier molecular flexibility index (Phi) is 3.29. The molecule has 1 saturated carbocycles. The van der Waals surface area contributed by atoms with Crippen molar-refractivity contribution in [3.63, 3.8) is 0 Å². The lowest BCUT2D eigenvalue weighted by molar-refractivity contribution is 0.191. The number of hydrogen-bond acceptors (Lipinski definition) is 4. The van der Waals surface area contributed by atoms with Crippen LogP contribution in [0.4, 0.5) is 0 Å². The molecule has 2 N–H and O–H groups in total. The van der Waals surface area contributed by atoms with E-state index in [2.05, 4.69) is 10.2 Å². The minimum Gasteiger partial charge on any atom is -0.485 e.